The fourth-order valence-electron chi connectivity index (χ4n) is 1.64. The SMILES string of the molecule is CCNCCCNCCCCc1cccs1. The molecule has 1 aromatic heterocycles. The van der Waals surface area contributed by atoms with Crippen LogP contribution in [-0.4, -0.2) is 26.2 Å². The smallest absolute Gasteiger partial charge is 0.00452 e. The summed E-state index contributed by atoms with van der Waals surface area (Å²) >= 11 is 1.87. The standard InChI is InChI=1S/C13H24N2S/c1-2-14-10-6-11-15-9-4-3-7-13-8-5-12-16-13/h5,8,12,14-15H,2-4,6-7,9-11H2,1H3. The highest BCUT2D eigenvalue weighted by atomic mass is 32.1. The van der Waals surface area contributed by atoms with Crippen LogP contribution < -0.4 is 10.6 Å². The molecule has 0 bridgehead atoms. The first-order chi connectivity index (χ1) is 7.93. The Morgan fingerprint density at radius 3 is 2.62 bits per heavy atom. The Hall–Kier alpha value is -0.380. The highest BCUT2D eigenvalue weighted by Gasteiger charge is 1.93. The molecule has 2 nitrogen and oxygen atoms in total. The van der Waals surface area contributed by atoms with Gasteiger partial charge in [-0.1, -0.05) is 13.0 Å². The Morgan fingerprint density at radius 2 is 1.88 bits per heavy atom. The molecule has 0 unspecified atom stereocenters. The molecule has 0 fully saturated rings. The van der Waals surface area contributed by atoms with Gasteiger partial charge in [0.25, 0.3) is 0 Å². The Balaban J connectivity index is 1.78. The van der Waals surface area contributed by atoms with Crippen molar-refractivity contribution >= 4 is 11.3 Å². The molecule has 1 heterocycles. The van der Waals surface area contributed by atoms with E-state index in [1.807, 2.05) is 11.3 Å². The Kier molecular flexibility index (Phi) is 8.40. The summed E-state index contributed by atoms with van der Waals surface area (Å²) in [5.41, 5.74) is 0. The van der Waals surface area contributed by atoms with Crippen LogP contribution in [0.15, 0.2) is 17.5 Å². The summed E-state index contributed by atoms with van der Waals surface area (Å²) in [7, 11) is 0. The van der Waals surface area contributed by atoms with Crippen molar-refractivity contribution in [1.82, 2.24) is 10.6 Å². The molecule has 0 saturated carbocycles. The van der Waals surface area contributed by atoms with E-state index in [-0.39, 0.29) is 0 Å². The summed E-state index contributed by atoms with van der Waals surface area (Å²) in [5, 5.41) is 8.98. The molecule has 0 spiro atoms. The number of thiophene rings is 1. The molecule has 3 heteroatoms. The molecular weight excluding hydrogens is 216 g/mol. The normalized spacial score (nSPS) is 10.8. The van der Waals surface area contributed by atoms with Crippen LogP contribution in [0.25, 0.3) is 0 Å². The van der Waals surface area contributed by atoms with Crippen molar-refractivity contribution in [3.63, 3.8) is 0 Å². The fourth-order valence-corrected chi connectivity index (χ4v) is 2.40. The van der Waals surface area contributed by atoms with Crippen LogP contribution >= 0.6 is 11.3 Å². The maximum Gasteiger partial charge on any atom is 0.00452 e. The van der Waals surface area contributed by atoms with Gasteiger partial charge in [0.2, 0.25) is 0 Å². The van der Waals surface area contributed by atoms with Gasteiger partial charge in [0.1, 0.15) is 0 Å². The lowest BCUT2D eigenvalue weighted by Gasteiger charge is -2.04. The molecule has 0 atom stereocenters. The van der Waals surface area contributed by atoms with Crippen LogP contribution in [0.4, 0.5) is 0 Å². The molecular formula is C13H24N2S. The number of nitrogens with one attached hydrogen (secondary N) is 2. The molecule has 0 radical (unpaired) electrons. The zero-order chi connectivity index (χ0) is 11.5. The van der Waals surface area contributed by atoms with E-state index in [0.717, 1.165) is 26.2 Å². The third-order valence-corrected chi connectivity index (χ3v) is 3.50. The summed E-state index contributed by atoms with van der Waals surface area (Å²) in [6.45, 7) is 6.68. The second kappa shape index (κ2) is 9.82. The zero-order valence-corrected chi connectivity index (χ0v) is 11.1. The quantitative estimate of drug-likeness (QED) is 0.614. The number of hydrogen-bond acceptors (Lipinski definition) is 3. The van der Waals surface area contributed by atoms with Crippen molar-refractivity contribution in [2.24, 2.45) is 0 Å². The van der Waals surface area contributed by atoms with E-state index in [9.17, 15) is 0 Å². The molecule has 1 rings (SSSR count). The third kappa shape index (κ3) is 6.99. The maximum absolute atomic E-state index is 3.49. The van der Waals surface area contributed by atoms with Crippen LogP contribution in [0.2, 0.25) is 0 Å². The second-order valence-electron chi connectivity index (χ2n) is 3.99. The van der Waals surface area contributed by atoms with Crippen molar-refractivity contribution in [2.45, 2.75) is 32.6 Å². The van der Waals surface area contributed by atoms with Gasteiger partial charge < -0.3 is 10.6 Å². The average Bonchev–Trinajstić information content (AvgIpc) is 2.80. The topological polar surface area (TPSA) is 24.1 Å². The summed E-state index contributed by atoms with van der Waals surface area (Å²) < 4.78 is 0. The average molecular weight is 240 g/mol. The second-order valence-corrected chi connectivity index (χ2v) is 5.03. The van der Waals surface area contributed by atoms with Gasteiger partial charge in [-0.3, -0.25) is 0 Å². The summed E-state index contributed by atoms with van der Waals surface area (Å²) in [4.78, 5) is 1.52. The third-order valence-electron chi connectivity index (χ3n) is 2.56. The van der Waals surface area contributed by atoms with E-state index >= 15 is 0 Å². The van der Waals surface area contributed by atoms with E-state index in [0.29, 0.717) is 0 Å². The van der Waals surface area contributed by atoms with Crippen LogP contribution in [0, 0.1) is 0 Å². The predicted molar refractivity (Wildman–Crippen MR) is 73.3 cm³/mol. The van der Waals surface area contributed by atoms with E-state index in [1.165, 1.54) is 30.6 Å². The van der Waals surface area contributed by atoms with Crippen LogP contribution in [0.3, 0.4) is 0 Å². The van der Waals surface area contributed by atoms with Gasteiger partial charge >= 0.3 is 0 Å². The largest absolute Gasteiger partial charge is 0.317 e. The monoisotopic (exact) mass is 240 g/mol. The molecule has 0 aliphatic carbocycles. The van der Waals surface area contributed by atoms with Crippen LogP contribution in [0.1, 0.15) is 31.1 Å². The molecule has 16 heavy (non-hydrogen) atoms. The highest BCUT2D eigenvalue weighted by Crippen LogP contribution is 2.11. The lowest BCUT2D eigenvalue weighted by Crippen LogP contribution is -2.22. The van der Waals surface area contributed by atoms with Gasteiger partial charge in [0.05, 0.1) is 0 Å². The highest BCUT2D eigenvalue weighted by molar-refractivity contribution is 7.09. The van der Waals surface area contributed by atoms with E-state index in [1.54, 1.807) is 0 Å². The minimum absolute atomic E-state index is 1.08. The minimum Gasteiger partial charge on any atom is -0.317 e. The number of unbranched alkanes of at least 4 members (excludes halogenated alkanes) is 1. The molecule has 0 aliphatic rings. The van der Waals surface area contributed by atoms with Crippen molar-refractivity contribution in [3.8, 4) is 0 Å². The van der Waals surface area contributed by atoms with Gasteiger partial charge in [-0.05, 0) is 63.3 Å². The molecule has 0 amide bonds. The van der Waals surface area contributed by atoms with Gasteiger partial charge in [-0.15, -0.1) is 11.3 Å². The first kappa shape index (κ1) is 13.7. The Labute approximate surface area is 103 Å². The van der Waals surface area contributed by atoms with Gasteiger partial charge in [-0.2, -0.15) is 0 Å². The number of hydrogen-bond donors (Lipinski definition) is 2. The lowest BCUT2D eigenvalue weighted by molar-refractivity contribution is 0.582. The first-order valence-electron chi connectivity index (χ1n) is 6.37. The van der Waals surface area contributed by atoms with Crippen molar-refractivity contribution in [3.05, 3.63) is 22.4 Å². The molecule has 0 aromatic carbocycles. The van der Waals surface area contributed by atoms with Crippen molar-refractivity contribution in [1.29, 1.82) is 0 Å². The van der Waals surface area contributed by atoms with Gasteiger partial charge in [-0.25, -0.2) is 0 Å². The lowest BCUT2D eigenvalue weighted by atomic mass is 10.2. The fraction of sp³-hybridized carbons (Fsp3) is 0.692. The summed E-state index contributed by atoms with van der Waals surface area (Å²) in [6, 6.07) is 4.37. The maximum atomic E-state index is 3.49. The van der Waals surface area contributed by atoms with Crippen LogP contribution in [0.5, 0.6) is 0 Å². The van der Waals surface area contributed by atoms with Crippen molar-refractivity contribution in [2.75, 3.05) is 26.2 Å². The van der Waals surface area contributed by atoms with E-state index in [2.05, 4.69) is 35.1 Å². The molecule has 92 valence electrons. The zero-order valence-electron chi connectivity index (χ0n) is 10.3. The Bertz CT molecular complexity index is 234. The van der Waals surface area contributed by atoms with Gasteiger partial charge in [0, 0.05) is 4.88 Å². The molecule has 0 aliphatic heterocycles. The number of aryl methyl sites for hydroxylation is 1. The summed E-state index contributed by atoms with van der Waals surface area (Å²) in [5.74, 6) is 0. The summed E-state index contributed by atoms with van der Waals surface area (Å²) in [6.07, 6.45) is 5.08. The van der Waals surface area contributed by atoms with Gasteiger partial charge in [0.15, 0.2) is 0 Å². The molecule has 2 N–H and O–H groups in total. The molecule has 0 saturated heterocycles. The van der Waals surface area contributed by atoms with E-state index in [4.69, 9.17) is 0 Å². The number of rotatable bonds is 10. The molecule has 1 aromatic rings. The van der Waals surface area contributed by atoms with Crippen LogP contribution in [-0.2, 0) is 6.42 Å². The minimum atomic E-state index is 1.08. The first-order valence-corrected chi connectivity index (χ1v) is 7.25. The predicted octanol–water partition coefficient (Wildman–Crippen LogP) is 2.66. The van der Waals surface area contributed by atoms with Crippen molar-refractivity contribution < 1.29 is 0 Å². The Morgan fingerprint density at radius 1 is 1.06 bits per heavy atom. The van der Waals surface area contributed by atoms with E-state index < -0.39 is 0 Å².